The molecule has 0 heterocycles. The fourth-order valence-electron chi connectivity index (χ4n) is 1.50. The summed E-state index contributed by atoms with van der Waals surface area (Å²) in [6.07, 6.45) is 5.91. The fraction of sp³-hybridized carbons (Fsp3) is 0.917. The van der Waals surface area contributed by atoms with Crippen LogP contribution in [-0.2, 0) is 9.53 Å². The predicted molar refractivity (Wildman–Crippen MR) is 62.5 cm³/mol. The molecule has 0 aromatic heterocycles. The second-order valence-electron chi connectivity index (χ2n) is 3.98. The van der Waals surface area contributed by atoms with Crippen molar-refractivity contribution in [2.75, 3.05) is 13.2 Å². The minimum absolute atomic E-state index is 0.0445. The number of unbranched alkanes of at least 4 members (excludes halogenated alkanes) is 4. The monoisotopic (exact) mass is 232 g/mol. The molecule has 0 aliphatic rings. The maximum atomic E-state index is 10.8. The van der Waals surface area contributed by atoms with E-state index in [9.17, 15) is 4.79 Å². The first-order valence-electron chi connectivity index (χ1n) is 6.17. The molecule has 0 spiro atoms. The summed E-state index contributed by atoms with van der Waals surface area (Å²) in [5.41, 5.74) is 0. The number of aliphatic carboxylic acids is 1. The van der Waals surface area contributed by atoms with Crippen LogP contribution >= 0.6 is 0 Å². The summed E-state index contributed by atoms with van der Waals surface area (Å²) in [6.45, 7) is 2.52. The second-order valence-corrected chi connectivity index (χ2v) is 3.98. The van der Waals surface area contributed by atoms with Crippen LogP contribution in [0.5, 0.6) is 0 Å². The minimum atomic E-state index is -0.895. The lowest BCUT2D eigenvalue weighted by molar-refractivity contribution is -0.151. The Morgan fingerprint density at radius 3 is 2.44 bits per heavy atom. The number of ether oxygens (including phenoxy) is 1. The van der Waals surface area contributed by atoms with E-state index in [0.29, 0.717) is 19.4 Å². The summed E-state index contributed by atoms with van der Waals surface area (Å²) >= 11 is 0. The van der Waals surface area contributed by atoms with Gasteiger partial charge in [-0.15, -0.1) is 0 Å². The first kappa shape index (κ1) is 15.4. The van der Waals surface area contributed by atoms with Gasteiger partial charge in [0.05, 0.1) is 0 Å². The lowest BCUT2D eigenvalue weighted by atomic mass is 10.1. The van der Waals surface area contributed by atoms with Crippen molar-refractivity contribution < 1.29 is 19.7 Å². The molecule has 0 aromatic carbocycles. The van der Waals surface area contributed by atoms with Crippen molar-refractivity contribution in [3.63, 3.8) is 0 Å². The normalized spacial score (nSPS) is 12.6. The molecule has 2 N–H and O–H groups in total. The number of carboxylic acids is 1. The van der Waals surface area contributed by atoms with Gasteiger partial charge in [-0.1, -0.05) is 39.0 Å². The zero-order chi connectivity index (χ0) is 12.2. The van der Waals surface area contributed by atoms with Crippen LogP contribution in [0.4, 0.5) is 0 Å². The molecule has 0 radical (unpaired) electrons. The van der Waals surface area contributed by atoms with E-state index in [1.165, 1.54) is 19.3 Å². The van der Waals surface area contributed by atoms with Gasteiger partial charge in [-0.25, -0.2) is 4.79 Å². The number of carbonyl (C=O) groups is 1. The molecule has 0 aliphatic carbocycles. The van der Waals surface area contributed by atoms with Crippen LogP contribution in [0, 0.1) is 0 Å². The van der Waals surface area contributed by atoms with Crippen LogP contribution in [-0.4, -0.2) is 35.5 Å². The Morgan fingerprint density at radius 2 is 1.88 bits per heavy atom. The first-order chi connectivity index (χ1) is 7.72. The molecule has 0 saturated carbocycles. The van der Waals surface area contributed by atoms with E-state index in [-0.39, 0.29) is 6.61 Å². The molecule has 1 unspecified atom stereocenters. The van der Waals surface area contributed by atoms with Crippen LogP contribution in [0.25, 0.3) is 0 Å². The van der Waals surface area contributed by atoms with Crippen molar-refractivity contribution in [2.24, 2.45) is 0 Å². The molecule has 0 rings (SSSR count). The Kier molecular flexibility index (Phi) is 10.5. The molecule has 96 valence electrons. The Hall–Kier alpha value is -0.610. The van der Waals surface area contributed by atoms with Gasteiger partial charge in [-0.2, -0.15) is 0 Å². The smallest absolute Gasteiger partial charge is 0.332 e. The molecule has 4 heteroatoms. The van der Waals surface area contributed by atoms with Gasteiger partial charge in [-0.05, 0) is 12.8 Å². The summed E-state index contributed by atoms with van der Waals surface area (Å²) < 4.78 is 5.19. The van der Waals surface area contributed by atoms with E-state index in [1.54, 1.807) is 0 Å². The summed E-state index contributed by atoms with van der Waals surface area (Å²) in [4.78, 5) is 10.8. The lowest BCUT2D eigenvalue weighted by Crippen LogP contribution is -2.24. The zero-order valence-electron chi connectivity index (χ0n) is 10.2. The molecule has 0 fully saturated rings. The Labute approximate surface area is 97.6 Å². The molecule has 4 nitrogen and oxygen atoms in total. The number of aliphatic hydroxyl groups excluding tert-OH is 1. The van der Waals surface area contributed by atoms with Crippen LogP contribution in [0.15, 0.2) is 0 Å². The third kappa shape index (κ3) is 8.68. The fourth-order valence-corrected chi connectivity index (χ4v) is 1.50. The number of aliphatic hydroxyl groups is 1. The highest BCUT2D eigenvalue weighted by atomic mass is 16.5. The SMILES string of the molecule is CCCCCCCC(OCCCO)C(=O)O. The third-order valence-corrected chi connectivity index (χ3v) is 2.47. The van der Waals surface area contributed by atoms with Gasteiger partial charge in [0.2, 0.25) is 0 Å². The molecular formula is C12H24O4. The third-order valence-electron chi connectivity index (χ3n) is 2.47. The predicted octanol–water partition coefficient (Wildman–Crippen LogP) is 2.20. The van der Waals surface area contributed by atoms with Crippen molar-refractivity contribution in [1.82, 2.24) is 0 Å². The molecular weight excluding hydrogens is 208 g/mol. The Morgan fingerprint density at radius 1 is 1.19 bits per heavy atom. The Balaban J connectivity index is 3.56. The van der Waals surface area contributed by atoms with E-state index in [4.69, 9.17) is 14.9 Å². The molecule has 16 heavy (non-hydrogen) atoms. The zero-order valence-corrected chi connectivity index (χ0v) is 10.2. The largest absolute Gasteiger partial charge is 0.479 e. The first-order valence-corrected chi connectivity index (χ1v) is 6.17. The molecule has 0 bridgehead atoms. The van der Waals surface area contributed by atoms with Crippen LogP contribution in [0.1, 0.15) is 51.9 Å². The highest BCUT2D eigenvalue weighted by molar-refractivity contribution is 5.72. The van der Waals surface area contributed by atoms with Gasteiger partial charge >= 0.3 is 5.97 Å². The summed E-state index contributed by atoms with van der Waals surface area (Å²) in [5, 5.41) is 17.5. The van der Waals surface area contributed by atoms with Gasteiger partial charge in [0.15, 0.2) is 6.10 Å². The molecule has 0 aromatic rings. The van der Waals surface area contributed by atoms with Crippen LogP contribution in [0.3, 0.4) is 0 Å². The van der Waals surface area contributed by atoms with Crippen molar-refractivity contribution in [2.45, 2.75) is 58.0 Å². The van der Waals surface area contributed by atoms with Gasteiger partial charge in [0, 0.05) is 13.2 Å². The highest BCUT2D eigenvalue weighted by Gasteiger charge is 2.16. The van der Waals surface area contributed by atoms with E-state index < -0.39 is 12.1 Å². The minimum Gasteiger partial charge on any atom is -0.479 e. The molecule has 0 aliphatic heterocycles. The van der Waals surface area contributed by atoms with E-state index >= 15 is 0 Å². The van der Waals surface area contributed by atoms with Crippen molar-refractivity contribution in [3.8, 4) is 0 Å². The number of rotatable bonds is 11. The van der Waals surface area contributed by atoms with E-state index in [1.807, 2.05) is 0 Å². The van der Waals surface area contributed by atoms with Gasteiger partial charge < -0.3 is 14.9 Å². The van der Waals surface area contributed by atoms with Gasteiger partial charge in [0.25, 0.3) is 0 Å². The maximum absolute atomic E-state index is 10.8. The summed E-state index contributed by atoms with van der Waals surface area (Å²) in [6, 6.07) is 0. The molecule has 0 saturated heterocycles. The van der Waals surface area contributed by atoms with E-state index in [0.717, 1.165) is 12.8 Å². The van der Waals surface area contributed by atoms with Gasteiger partial charge in [-0.3, -0.25) is 0 Å². The second kappa shape index (κ2) is 10.9. The average molecular weight is 232 g/mol. The highest BCUT2D eigenvalue weighted by Crippen LogP contribution is 2.10. The van der Waals surface area contributed by atoms with Crippen molar-refractivity contribution >= 4 is 5.97 Å². The average Bonchev–Trinajstić information content (AvgIpc) is 2.26. The maximum Gasteiger partial charge on any atom is 0.332 e. The number of hydrogen-bond donors (Lipinski definition) is 2. The van der Waals surface area contributed by atoms with Gasteiger partial charge in [0.1, 0.15) is 0 Å². The van der Waals surface area contributed by atoms with Crippen LogP contribution < -0.4 is 0 Å². The Bertz CT molecular complexity index is 170. The van der Waals surface area contributed by atoms with E-state index in [2.05, 4.69) is 6.92 Å². The number of carboxylic acid groups (broad SMARTS) is 1. The van der Waals surface area contributed by atoms with Crippen molar-refractivity contribution in [3.05, 3.63) is 0 Å². The molecule has 0 amide bonds. The summed E-state index contributed by atoms with van der Waals surface area (Å²) in [7, 11) is 0. The number of hydrogen-bond acceptors (Lipinski definition) is 3. The lowest BCUT2D eigenvalue weighted by Gasteiger charge is -2.12. The topological polar surface area (TPSA) is 66.8 Å². The quantitative estimate of drug-likeness (QED) is 0.536. The molecule has 1 atom stereocenters. The standard InChI is InChI=1S/C12H24O4/c1-2-3-4-5-6-8-11(12(14)15)16-10-7-9-13/h11,13H,2-10H2,1H3,(H,14,15). The van der Waals surface area contributed by atoms with Crippen molar-refractivity contribution in [1.29, 1.82) is 0 Å². The summed E-state index contributed by atoms with van der Waals surface area (Å²) in [5.74, 6) is -0.895. The van der Waals surface area contributed by atoms with Crippen LogP contribution in [0.2, 0.25) is 0 Å².